The monoisotopic (exact) mass is 340 g/mol. The van der Waals surface area contributed by atoms with Crippen molar-refractivity contribution in [3.63, 3.8) is 0 Å². The molecule has 0 saturated heterocycles. The predicted octanol–water partition coefficient (Wildman–Crippen LogP) is 5.59. The Bertz CT molecular complexity index is 640. The van der Waals surface area contributed by atoms with Crippen LogP contribution >= 0.6 is 0 Å². The molecule has 0 saturated carbocycles. The Balaban J connectivity index is 1.77. The van der Waals surface area contributed by atoms with E-state index in [0.717, 1.165) is 35.1 Å². The number of anilines is 2. The molecule has 136 valence electrons. The lowest BCUT2D eigenvalue weighted by Gasteiger charge is -2.09. The summed E-state index contributed by atoms with van der Waals surface area (Å²) in [6.07, 6.45) is 10.6. The van der Waals surface area contributed by atoms with Crippen LogP contribution in [0.5, 0.6) is 0 Å². The highest BCUT2D eigenvalue weighted by Crippen LogP contribution is 2.20. The Hall–Kier alpha value is -2.10. The van der Waals surface area contributed by atoms with E-state index in [1.54, 1.807) is 0 Å². The van der Waals surface area contributed by atoms with Crippen LogP contribution in [0, 0.1) is 6.92 Å². The first-order valence-corrected chi connectivity index (χ1v) is 9.64. The number of rotatable bonds is 11. The summed E-state index contributed by atoms with van der Waals surface area (Å²) in [7, 11) is 0. The summed E-state index contributed by atoms with van der Waals surface area (Å²) >= 11 is 0. The van der Waals surface area contributed by atoms with E-state index in [0.29, 0.717) is 0 Å². The van der Waals surface area contributed by atoms with Crippen LogP contribution in [-0.2, 0) is 0 Å². The summed E-state index contributed by atoms with van der Waals surface area (Å²) < 4.78 is 0. The summed E-state index contributed by atoms with van der Waals surface area (Å²) in [5.41, 5.74) is 8.52. The number of benzene rings is 1. The summed E-state index contributed by atoms with van der Waals surface area (Å²) in [6.45, 7) is 5.22. The fraction of sp³-hybridized carbons (Fsp3) is 0.524. The molecule has 2 rings (SSSR count). The van der Waals surface area contributed by atoms with Crippen molar-refractivity contribution in [1.82, 2.24) is 9.97 Å². The number of nitrogens with two attached hydrogens (primary N) is 1. The number of nitrogen functional groups attached to an aromatic ring is 1. The van der Waals surface area contributed by atoms with E-state index in [4.69, 9.17) is 5.73 Å². The molecule has 0 unspecified atom stereocenters. The fourth-order valence-corrected chi connectivity index (χ4v) is 2.94. The first-order valence-electron chi connectivity index (χ1n) is 9.64. The van der Waals surface area contributed by atoms with Gasteiger partial charge in [-0.1, -0.05) is 64.0 Å². The lowest BCUT2D eigenvalue weighted by Crippen LogP contribution is -2.05. The molecule has 1 aromatic heterocycles. The molecule has 3 N–H and O–H groups in total. The van der Waals surface area contributed by atoms with Gasteiger partial charge in [0.2, 0.25) is 0 Å². The van der Waals surface area contributed by atoms with E-state index in [-0.39, 0.29) is 0 Å². The molecule has 0 atom stereocenters. The zero-order chi connectivity index (χ0) is 17.9. The molecule has 0 fully saturated rings. The van der Waals surface area contributed by atoms with Gasteiger partial charge in [-0.15, -0.1) is 0 Å². The van der Waals surface area contributed by atoms with E-state index in [1.807, 2.05) is 37.3 Å². The third-order valence-corrected chi connectivity index (χ3v) is 4.34. The van der Waals surface area contributed by atoms with Crippen molar-refractivity contribution in [2.75, 3.05) is 17.6 Å². The van der Waals surface area contributed by atoms with Crippen LogP contribution < -0.4 is 11.1 Å². The average molecular weight is 341 g/mol. The quantitative estimate of drug-likeness (QED) is 0.413. The molecule has 0 spiro atoms. The zero-order valence-corrected chi connectivity index (χ0v) is 15.7. The van der Waals surface area contributed by atoms with Crippen LogP contribution in [0.15, 0.2) is 30.3 Å². The van der Waals surface area contributed by atoms with Crippen LogP contribution in [0.25, 0.3) is 11.4 Å². The Morgan fingerprint density at radius 1 is 0.920 bits per heavy atom. The second kappa shape index (κ2) is 10.7. The van der Waals surface area contributed by atoms with Gasteiger partial charge in [0, 0.05) is 29.6 Å². The SMILES string of the molecule is CCCCCCCCCCNc1cc(C)nc(-c2cccc(N)c2)n1. The van der Waals surface area contributed by atoms with Crippen molar-refractivity contribution < 1.29 is 0 Å². The number of aryl methyl sites for hydroxylation is 1. The minimum Gasteiger partial charge on any atom is -0.399 e. The van der Waals surface area contributed by atoms with E-state index in [2.05, 4.69) is 22.2 Å². The number of aromatic nitrogens is 2. The third-order valence-electron chi connectivity index (χ3n) is 4.34. The Kier molecular flexibility index (Phi) is 8.23. The predicted molar refractivity (Wildman–Crippen MR) is 108 cm³/mol. The summed E-state index contributed by atoms with van der Waals surface area (Å²) in [5, 5.41) is 3.44. The van der Waals surface area contributed by atoms with Gasteiger partial charge in [-0.2, -0.15) is 0 Å². The molecule has 1 aromatic carbocycles. The molecule has 1 heterocycles. The molecule has 0 bridgehead atoms. The second-order valence-corrected chi connectivity index (χ2v) is 6.75. The maximum atomic E-state index is 5.87. The summed E-state index contributed by atoms with van der Waals surface area (Å²) in [6, 6.07) is 9.72. The van der Waals surface area contributed by atoms with Gasteiger partial charge in [-0.05, 0) is 25.5 Å². The van der Waals surface area contributed by atoms with E-state index >= 15 is 0 Å². The van der Waals surface area contributed by atoms with E-state index < -0.39 is 0 Å². The molecule has 0 aliphatic rings. The molecular weight excluding hydrogens is 308 g/mol. The molecular formula is C21H32N4. The standard InChI is InChI=1S/C21H32N4/c1-3-4-5-6-7-8-9-10-14-23-20-15-17(2)24-21(25-20)18-12-11-13-19(22)16-18/h11-13,15-16H,3-10,14,22H2,1-2H3,(H,23,24,25). The van der Waals surface area contributed by atoms with Crippen LogP contribution in [0.4, 0.5) is 11.5 Å². The van der Waals surface area contributed by atoms with E-state index in [1.165, 1.54) is 51.4 Å². The van der Waals surface area contributed by atoms with Crippen molar-refractivity contribution in [3.05, 3.63) is 36.0 Å². The third kappa shape index (κ3) is 7.12. The number of hydrogen-bond acceptors (Lipinski definition) is 4. The smallest absolute Gasteiger partial charge is 0.161 e. The Morgan fingerprint density at radius 2 is 1.64 bits per heavy atom. The average Bonchev–Trinajstić information content (AvgIpc) is 2.60. The highest BCUT2D eigenvalue weighted by molar-refractivity contribution is 5.62. The molecule has 0 aliphatic heterocycles. The van der Waals surface area contributed by atoms with Crippen molar-refractivity contribution in [3.8, 4) is 11.4 Å². The van der Waals surface area contributed by atoms with Crippen molar-refractivity contribution in [2.24, 2.45) is 0 Å². The number of hydrogen-bond donors (Lipinski definition) is 2. The van der Waals surface area contributed by atoms with Crippen LogP contribution in [-0.4, -0.2) is 16.5 Å². The topological polar surface area (TPSA) is 63.8 Å². The summed E-state index contributed by atoms with van der Waals surface area (Å²) in [4.78, 5) is 9.17. The van der Waals surface area contributed by atoms with Gasteiger partial charge in [0.15, 0.2) is 5.82 Å². The lowest BCUT2D eigenvalue weighted by atomic mass is 10.1. The van der Waals surface area contributed by atoms with Crippen LogP contribution in [0.1, 0.15) is 64.0 Å². The van der Waals surface area contributed by atoms with Gasteiger partial charge in [-0.25, -0.2) is 9.97 Å². The van der Waals surface area contributed by atoms with Gasteiger partial charge in [-0.3, -0.25) is 0 Å². The second-order valence-electron chi connectivity index (χ2n) is 6.75. The van der Waals surface area contributed by atoms with Gasteiger partial charge >= 0.3 is 0 Å². The van der Waals surface area contributed by atoms with Crippen LogP contribution in [0.2, 0.25) is 0 Å². The number of nitrogens with one attached hydrogen (secondary N) is 1. The van der Waals surface area contributed by atoms with Gasteiger partial charge in [0.25, 0.3) is 0 Å². The van der Waals surface area contributed by atoms with Crippen LogP contribution in [0.3, 0.4) is 0 Å². The Morgan fingerprint density at radius 3 is 2.36 bits per heavy atom. The molecule has 4 heteroatoms. The highest BCUT2D eigenvalue weighted by atomic mass is 15.0. The Labute approximate surface area is 152 Å². The van der Waals surface area contributed by atoms with Crippen molar-refractivity contribution in [1.29, 1.82) is 0 Å². The minimum absolute atomic E-state index is 0.728. The summed E-state index contributed by atoms with van der Waals surface area (Å²) in [5.74, 6) is 1.62. The molecule has 2 aromatic rings. The normalized spacial score (nSPS) is 10.8. The molecule has 4 nitrogen and oxygen atoms in total. The lowest BCUT2D eigenvalue weighted by molar-refractivity contribution is 0.581. The molecule has 0 amide bonds. The number of nitrogens with zero attached hydrogens (tertiary/aromatic N) is 2. The minimum atomic E-state index is 0.728. The fourth-order valence-electron chi connectivity index (χ4n) is 2.94. The molecule has 25 heavy (non-hydrogen) atoms. The largest absolute Gasteiger partial charge is 0.399 e. The van der Waals surface area contributed by atoms with E-state index in [9.17, 15) is 0 Å². The maximum Gasteiger partial charge on any atom is 0.161 e. The van der Waals surface area contributed by atoms with Crippen molar-refractivity contribution >= 4 is 11.5 Å². The maximum absolute atomic E-state index is 5.87. The molecule has 0 aliphatic carbocycles. The van der Waals surface area contributed by atoms with Gasteiger partial charge < -0.3 is 11.1 Å². The van der Waals surface area contributed by atoms with Crippen molar-refractivity contribution in [2.45, 2.75) is 65.2 Å². The van der Waals surface area contributed by atoms with Gasteiger partial charge in [0.1, 0.15) is 5.82 Å². The van der Waals surface area contributed by atoms with Gasteiger partial charge in [0.05, 0.1) is 0 Å². The first kappa shape index (κ1) is 19.2. The highest BCUT2D eigenvalue weighted by Gasteiger charge is 2.05. The number of unbranched alkanes of at least 4 members (excludes halogenated alkanes) is 7. The molecule has 0 radical (unpaired) electrons. The first-order chi connectivity index (χ1) is 12.2. The zero-order valence-electron chi connectivity index (χ0n) is 15.7.